The summed E-state index contributed by atoms with van der Waals surface area (Å²) in [5.74, 6) is 2.20. The molecule has 0 aliphatic carbocycles. The average molecular weight is 656 g/mol. The molecular formula is C39H57N7O2. The molecule has 5 N–H and O–H groups in total. The van der Waals surface area contributed by atoms with Gasteiger partial charge in [0, 0.05) is 55.4 Å². The molecule has 2 saturated heterocycles. The molecule has 9 nitrogen and oxygen atoms in total. The number of aliphatic imine (C=N–C) groups is 1. The van der Waals surface area contributed by atoms with Crippen molar-refractivity contribution in [2.24, 2.45) is 22.6 Å². The predicted molar refractivity (Wildman–Crippen MR) is 202 cm³/mol. The molecule has 2 fully saturated rings. The predicted octanol–water partition coefficient (Wildman–Crippen LogP) is 7.51. The topological polar surface area (TPSA) is 118 Å². The van der Waals surface area contributed by atoms with Crippen molar-refractivity contribution >= 4 is 28.4 Å². The third kappa shape index (κ3) is 9.51. The molecule has 48 heavy (non-hydrogen) atoms. The number of amidine groups is 1. The Morgan fingerprint density at radius 1 is 1.02 bits per heavy atom. The standard InChI is InChI=1S/C29H35N7O.C6H14.C4H8O/c1-4-19-15-22(37)9-10-25(19)33-29(31)24-17-32-36-18-20(16-27(36)28(24)30)23-7-5-6-8-26(23)35-13-11-21(12-14-35)34(2)3;1-5(2)6(3)4;1-2-4-5-3-1/h5-10,15-18,21,37H,4,11-14,30H2,1-3H3,(H2,31,33);5-6H,1-4H3;1-4H2. The number of nitrogens with two attached hydrogens (primary N) is 2. The van der Waals surface area contributed by atoms with Crippen molar-refractivity contribution in [1.29, 1.82) is 0 Å². The summed E-state index contributed by atoms with van der Waals surface area (Å²) in [5, 5.41) is 14.4. The Labute approximate surface area is 287 Å². The number of para-hydroxylation sites is 1. The van der Waals surface area contributed by atoms with Crippen LogP contribution in [0.1, 0.15) is 71.4 Å². The fourth-order valence-electron chi connectivity index (χ4n) is 5.71. The van der Waals surface area contributed by atoms with Crippen molar-refractivity contribution in [2.45, 2.75) is 72.8 Å². The molecule has 0 amide bonds. The van der Waals surface area contributed by atoms with Crippen LogP contribution in [0, 0.1) is 11.8 Å². The van der Waals surface area contributed by atoms with Crippen LogP contribution in [-0.2, 0) is 11.2 Å². The van der Waals surface area contributed by atoms with Crippen LogP contribution in [0.3, 0.4) is 0 Å². The minimum Gasteiger partial charge on any atom is -0.508 e. The zero-order valence-electron chi connectivity index (χ0n) is 30.1. The lowest BCUT2D eigenvalue weighted by molar-refractivity contribution is 0.198. The molecule has 260 valence electrons. The highest BCUT2D eigenvalue weighted by Crippen LogP contribution is 2.35. The van der Waals surface area contributed by atoms with Gasteiger partial charge in [-0.3, -0.25) is 0 Å². The van der Waals surface area contributed by atoms with Crippen molar-refractivity contribution in [3.05, 3.63) is 72.1 Å². The number of benzene rings is 2. The number of phenolic OH excluding ortho intramolecular Hbond substituents is 1. The van der Waals surface area contributed by atoms with E-state index in [1.165, 1.54) is 18.5 Å². The number of rotatable bonds is 7. The highest BCUT2D eigenvalue weighted by atomic mass is 16.5. The summed E-state index contributed by atoms with van der Waals surface area (Å²) in [6.45, 7) is 15.0. The second-order valence-electron chi connectivity index (χ2n) is 13.7. The quantitative estimate of drug-likeness (QED) is 0.139. The molecule has 2 aliphatic rings. The molecule has 6 rings (SSSR count). The van der Waals surface area contributed by atoms with Crippen LogP contribution >= 0.6 is 0 Å². The third-order valence-electron chi connectivity index (χ3n) is 9.55. The van der Waals surface area contributed by atoms with E-state index in [1.807, 2.05) is 13.1 Å². The molecule has 0 unspecified atom stereocenters. The summed E-state index contributed by atoms with van der Waals surface area (Å²) in [7, 11) is 4.33. The van der Waals surface area contributed by atoms with Gasteiger partial charge in [0.1, 0.15) is 11.6 Å². The fourth-order valence-corrected chi connectivity index (χ4v) is 5.71. The Balaban J connectivity index is 0.000000404. The van der Waals surface area contributed by atoms with E-state index < -0.39 is 0 Å². The van der Waals surface area contributed by atoms with Crippen molar-refractivity contribution in [1.82, 2.24) is 14.5 Å². The van der Waals surface area contributed by atoms with E-state index in [9.17, 15) is 5.11 Å². The average Bonchev–Trinajstić information content (AvgIpc) is 3.81. The summed E-state index contributed by atoms with van der Waals surface area (Å²) in [4.78, 5) is 9.42. The van der Waals surface area contributed by atoms with Crippen LogP contribution in [0.4, 0.5) is 17.1 Å². The zero-order valence-corrected chi connectivity index (χ0v) is 30.1. The number of nitrogens with zero attached hydrogens (tertiary/aromatic N) is 5. The second-order valence-corrected chi connectivity index (χ2v) is 13.7. The molecule has 2 aromatic carbocycles. The summed E-state index contributed by atoms with van der Waals surface area (Å²) in [6, 6.07) is 16.3. The van der Waals surface area contributed by atoms with Crippen LogP contribution < -0.4 is 16.4 Å². The van der Waals surface area contributed by atoms with Crippen LogP contribution in [-0.4, -0.2) is 71.9 Å². The maximum absolute atomic E-state index is 9.80. The Hall–Kier alpha value is -4.08. The number of hydrogen-bond donors (Lipinski definition) is 3. The van der Waals surface area contributed by atoms with Crippen LogP contribution in [0.25, 0.3) is 16.6 Å². The third-order valence-corrected chi connectivity index (χ3v) is 9.55. The maximum Gasteiger partial charge on any atom is 0.135 e. The van der Waals surface area contributed by atoms with Gasteiger partial charge in [-0.25, -0.2) is 9.51 Å². The highest BCUT2D eigenvalue weighted by Gasteiger charge is 2.23. The van der Waals surface area contributed by atoms with Gasteiger partial charge in [-0.15, -0.1) is 0 Å². The number of anilines is 2. The Morgan fingerprint density at radius 2 is 1.69 bits per heavy atom. The minimum absolute atomic E-state index is 0.208. The minimum atomic E-state index is 0.208. The number of aryl methyl sites for hydroxylation is 1. The SMILES string of the molecule is C1CCOC1.CC(C)C(C)C.CCc1cc(O)ccc1N=C(N)c1cnn2cc(-c3ccccc3N3CCC(N(C)C)CC3)cc2c1N. The number of piperidine rings is 1. The number of ether oxygens (including phenoxy) is 1. The first-order valence-corrected chi connectivity index (χ1v) is 17.5. The van der Waals surface area contributed by atoms with E-state index in [0.29, 0.717) is 28.8 Å². The first-order chi connectivity index (χ1) is 23.0. The number of fused-ring (bicyclic) bond motifs is 1. The lowest BCUT2D eigenvalue weighted by Crippen LogP contribution is -2.42. The highest BCUT2D eigenvalue weighted by molar-refractivity contribution is 6.06. The summed E-state index contributed by atoms with van der Waals surface area (Å²) in [5.41, 5.74) is 20.0. The summed E-state index contributed by atoms with van der Waals surface area (Å²) < 4.78 is 6.74. The normalized spacial score (nSPS) is 15.5. The number of hydrogen-bond acceptors (Lipinski definition) is 7. The molecule has 2 aliphatic heterocycles. The molecule has 0 spiro atoms. The molecule has 2 aromatic heterocycles. The monoisotopic (exact) mass is 655 g/mol. The molecule has 4 heterocycles. The summed E-state index contributed by atoms with van der Waals surface area (Å²) in [6.07, 6.45) is 9.26. The molecule has 4 aromatic rings. The van der Waals surface area contributed by atoms with Crippen LogP contribution in [0.2, 0.25) is 0 Å². The number of aromatic nitrogens is 2. The van der Waals surface area contributed by atoms with E-state index in [4.69, 9.17) is 16.2 Å². The molecule has 0 saturated carbocycles. The molecule has 0 bridgehead atoms. The Bertz CT molecular complexity index is 1620. The molecule has 0 atom stereocenters. The lowest BCUT2D eigenvalue weighted by atomic mass is 10.00. The van der Waals surface area contributed by atoms with Crippen molar-refractivity contribution in [2.75, 3.05) is 51.0 Å². The van der Waals surface area contributed by atoms with E-state index in [2.05, 4.69) is 92.0 Å². The van der Waals surface area contributed by atoms with Gasteiger partial charge in [-0.1, -0.05) is 52.8 Å². The molecule has 9 heteroatoms. The summed E-state index contributed by atoms with van der Waals surface area (Å²) >= 11 is 0. The maximum atomic E-state index is 9.80. The van der Waals surface area contributed by atoms with Crippen LogP contribution in [0.5, 0.6) is 5.75 Å². The largest absolute Gasteiger partial charge is 0.508 e. The molecular weight excluding hydrogens is 598 g/mol. The van der Waals surface area contributed by atoms with Crippen molar-refractivity contribution in [3.63, 3.8) is 0 Å². The van der Waals surface area contributed by atoms with E-state index in [-0.39, 0.29) is 5.75 Å². The number of phenols is 1. The van der Waals surface area contributed by atoms with Gasteiger partial charge in [-0.2, -0.15) is 5.10 Å². The zero-order chi connectivity index (χ0) is 34.8. The molecule has 0 radical (unpaired) electrons. The van der Waals surface area contributed by atoms with E-state index in [1.54, 1.807) is 28.9 Å². The van der Waals surface area contributed by atoms with Gasteiger partial charge < -0.3 is 31.1 Å². The van der Waals surface area contributed by atoms with Crippen molar-refractivity contribution in [3.8, 4) is 16.9 Å². The van der Waals surface area contributed by atoms with Gasteiger partial charge in [-0.05, 0) is 93.9 Å². The Kier molecular flexibility index (Phi) is 13.3. The van der Waals surface area contributed by atoms with E-state index in [0.717, 1.165) is 79.6 Å². The Morgan fingerprint density at radius 3 is 2.27 bits per heavy atom. The van der Waals surface area contributed by atoms with Gasteiger partial charge in [0.25, 0.3) is 0 Å². The van der Waals surface area contributed by atoms with Gasteiger partial charge >= 0.3 is 0 Å². The van der Waals surface area contributed by atoms with Gasteiger partial charge in [0.2, 0.25) is 0 Å². The van der Waals surface area contributed by atoms with Crippen LogP contribution in [0.15, 0.2) is 65.9 Å². The van der Waals surface area contributed by atoms with Gasteiger partial charge in [0.15, 0.2) is 0 Å². The first kappa shape index (κ1) is 36.8. The van der Waals surface area contributed by atoms with E-state index >= 15 is 0 Å². The van der Waals surface area contributed by atoms with Crippen molar-refractivity contribution < 1.29 is 9.84 Å². The first-order valence-electron chi connectivity index (χ1n) is 17.5. The number of aromatic hydroxyl groups is 1. The fraction of sp³-hybridized carbons (Fsp3) is 0.487. The second kappa shape index (κ2) is 17.4. The van der Waals surface area contributed by atoms with Gasteiger partial charge in [0.05, 0.1) is 28.7 Å². The smallest absolute Gasteiger partial charge is 0.135 e. The lowest BCUT2D eigenvalue weighted by Gasteiger charge is -2.37. The number of nitrogen functional groups attached to an aromatic ring is 1.